The van der Waals surface area contributed by atoms with Crippen molar-refractivity contribution in [1.82, 2.24) is 15.1 Å². The SMILES string of the molecule is COCCN1CCO[C@H](c2[nH]ncc2C)C1. The van der Waals surface area contributed by atoms with E-state index in [2.05, 4.69) is 22.0 Å². The predicted octanol–water partition coefficient (Wildman–Crippen LogP) is 0.738. The van der Waals surface area contributed by atoms with Crippen LogP contribution >= 0.6 is 0 Å². The van der Waals surface area contributed by atoms with Gasteiger partial charge in [0.2, 0.25) is 0 Å². The summed E-state index contributed by atoms with van der Waals surface area (Å²) in [5, 5.41) is 7.05. The largest absolute Gasteiger partial charge is 0.383 e. The number of H-pyrrole nitrogens is 1. The minimum atomic E-state index is 0.119. The summed E-state index contributed by atoms with van der Waals surface area (Å²) < 4.78 is 10.9. The van der Waals surface area contributed by atoms with Crippen LogP contribution < -0.4 is 0 Å². The van der Waals surface area contributed by atoms with Crippen molar-refractivity contribution in [2.75, 3.05) is 40.0 Å². The van der Waals surface area contributed by atoms with E-state index in [0.717, 1.165) is 38.5 Å². The molecule has 90 valence electrons. The number of rotatable bonds is 4. The standard InChI is InChI=1S/C11H19N3O2/c1-9-7-12-13-11(9)10-8-14(3-5-15-2)4-6-16-10/h7,10H,3-6,8H2,1-2H3,(H,12,13)/t10-/m0/s1. The van der Waals surface area contributed by atoms with Crippen LogP contribution in [0.25, 0.3) is 0 Å². The molecule has 0 amide bonds. The molecule has 5 nitrogen and oxygen atoms in total. The van der Waals surface area contributed by atoms with Crippen molar-refractivity contribution >= 4 is 0 Å². The van der Waals surface area contributed by atoms with Gasteiger partial charge in [-0.3, -0.25) is 10.00 Å². The summed E-state index contributed by atoms with van der Waals surface area (Å²) in [6.07, 6.45) is 1.96. The highest BCUT2D eigenvalue weighted by atomic mass is 16.5. The Kier molecular flexibility index (Phi) is 3.93. The number of aromatic nitrogens is 2. The van der Waals surface area contributed by atoms with E-state index in [1.807, 2.05) is 6.20 Å². The molecule has 0 aliphatic carbocycles. The van der Waals surface area contributed by atoms with Crippen LogP contribution in [-0.2, 0) is 9.47 Å². The van der Waals surface area contributed by atoms with Crippen molar-refractivity contribution in [3.05, 3.63) is 17.5 Å². The Morgan fingerprint density at radius 3 is 3.25 bits per heavy atom. The number of methoxy groups -OCH3 is 1. The second kappa shape index (κ2) is 5.43. The summed E-state index contributed by atoms with van der Waals surface area (Å²) >= 11 is 0. The van der Waals surface area contributed by atoms with E-state index in [9.17, 15) is 0 Å². The molecule has 0 aromatic carbocycles. The molecule has 1 aromatic heterocycles. The van der Waals surface area contributed by atoms with Crippen molar-refractivity contribution in [3.63, 3.8) is 0 Å². The van der Waals surface area contributed by atoms with Gasteiger partial charge < -0.3 is 9.47 Å². The first-order valence-electron chi connectivity index (χ1n) is 5.64. The van der Waals surface area contributed by atoms with E-state index >= 15 is 0 Å². The lowest BCUT2D eigenvalue weighted by atomic mass is 10.1. The highest BCUT2D eigenvalue weighted by Gasteiger charge is 2.23. The topological polar surface area (TPSA) is 50.4 Å². The Hall–Kier alpha value is -0.910. The molecule has 1 fully saturated rings. The number of hydrogen-bond donors (Lipinski definition) is 1. The molecular formula is C11H19N3O2. The van der Waals surface area contributed by atoms with E-state index in [1.165, 1.54) is 5.56 Å². The lowest BCUT2D eigenvalue weighted by molar-refractivity contribution is -0.0378. The zero-order chi connectivity index (χ0) is 11.4. The van der Waals surface area contributed by atoms with Gasteiger partial charge in [0.05, 0.1) is 25.1 Å². The fraction of sp³-hybridized carbons (Fsp3) is 0.727. The van der Waals surface area contributed by atoms with Gasteiger partial charge in [-0.05, 0) is 12.5 Å². The van der Waals surface area contributed by atoms with E-state index in [4.69, 9.17) is 9.47 Å². The first-order chi connectivity index (χ1) is 7.81. The number of hydrogen-bond acceptors (Lipinski definition) is 4. The van der Waals surface area contributed by atoms with E-state index in [1.54, 1.807) is 7.11 Å². The van der Waals surface area contributed by atoms with Crippen LogP contribution in [0.4, 0.5) is 0 Å². The third-order valence-corrected chi connectivity index (χ3v) is 2.95. The maximum atomic E-state index is 5.76. The van der Waals surface area contributed by atoms with Gasteiger partial charge >= 0.3 is 0 Å². The van der Waals surface area contributed by atoms with Crippen molar-refractivity contribution in [2.24, 2.45) is 0 Å². The van der Waals surface area contributed by atoms with Crippen molar-refractivity contribution in [1.29, 1.82) is 0 Å². The van der Waals surface area contributed by atoms with Crippen LogP contribution in [0.1, 0.15) is 17.4 Å². The first-order valence-corrected chi connectivity index (χ1v) is 5.64. The summed E-state index contributed by atoms with van der Waals surface area (Å²) in [6, 6.07) is 0. The Balaban J connectivity index is 1.94. The fourth-order valence-corrected chi connectivity index (χ4v) is 1.98. The average molecular weight is 225 g/mol. The van der Waals surface area contributed by atoms with Crippen molar-refractivity contribution < 1.29 is 9.47 Å². The van der Waals surface area contributed by atoms with E-state index in [0.29, 0.717) is 0 Å². The molecule has 2 heterocycles. The number of morpholine rings is 1. The second-order valence-electron chi connectivity index (χ2n) is 4.12. The van der Waals surface area contributed by atoms with Crippen molar-refractivity contribution in [3.8, 4) is 0 Å². The molecule has 1 aliphatic rings. The Bertz CT molecular complexity index is 327. The zero-order valence-electron chi connectivity index (χ0n) is 9.90. The third kappa shape index (κ3) is 2.61. The highest BCUT2D eigenvalue weighted by Crippen LogP contribution is 2.22. The molecule has 0 spiro atoms. The molecule has 1 aromatic rings. The number of aryl methyl sites for hydroxylation is 1. The van der Waals surface area contributed by atoms with Gasteiger partial charge in [-0.25, -0.2) is 0 Å². The van der Waals surface area contributed by atoms with Gasteiger partial charge in [-0.1, -0.05) is 0 Å². The average Bonchev–Trinajstić information content (AvgIpc) is 2.73. The summed E-state index contributed by atoms with van der Waals surface area (Å²) in [4.78, 5) is 2.36. The summed E-state index contributed by atoms with van der Waals surface area (Å²) in [7, 11) is 1.73. The molecule has 1 atom stereocenters. The van der Waals surface area contributed by atoms with Crippen LogP contribution in [0.3, 0.4) is 0 Å². The summed E-state index contributed by atoms with van der Waals surface area (Å²) in [5.74, 6) is 0. The van der Waals surface area contributed by atoms with Crippen LogP contribution in [0, 0.1) is 6.92 Å². The summed E-state index contributed by atoms with van der Waals surface area (Å²) in [6.45, 7) is 6.45. The predicted molar refractivity (Wildman–Crippen MR) is 60.3 cm³/mol. The smallest absolute Gasteiger partial charge is 0.112 e. The Labute approximate surface area is 95.7 Å². The van der Waals surface area contributed by atoms with Crippen LogP contribution in [0.5, 0.6) is 0 Å². The number of ether oxygens (including phenoxy) is 2. The van der Waals surface area contributed by atoms with Gasteiger partial charge in [0.1, 0.15) is 6.10 Å². The molecule has 0 bridgehead atoms. The molecule has 2 rings (SSSR count). The van der Waals surface area contributed by atoms with E-state index < -0.39 is 0 Å². The number of nitrogens with one attached hydrogen (secondary N) is 1. The Morgan fingerprint density at radius 2 is 2.56 bits per heavy atom. The maximum absolute atomic E-state index is 5.76. The third-order valence-electron chi connectivity index (χ3n) is 2.95. The molecule has 1 aliphatic heterocycles. The summed E-state index contributed by atoms with van der Waals surface area (Å²) in [5.41, 5.74) is 2.26. The second-order valence-corrected chi connectivity index (χ2v) is 4.12. The normalized spacial score (nSPS) is 22.5. The Morgan fingerprint density at radius 1 is 1.69 bits per heavy atom. The molecule has 1 saturated heterocycles. The number of aromatic amines is 1. The number of nitrogens with zero attached hydrogens (tertiary/aromatic N) is 2. The van der Waals surface area contributed by atoms with Crippen molar-refractivity contribution in [2.45, 2.75) is 13.0 Å². The van der Waals surface area contributed by atoms with Crippen LogP contribution in [-0.4, -0.2) is 55.1 Å². The molecule has 1 N–H and O–H groups in total. The maximum Gasteiger partial charge on any atom is 0.112 e. The van der Waals surface area contributed by atoms with Gasteiger partial charge in [0.15, 0.2) is 0 Å². The lowest BCUT2D eigenvalue weighted by Crippen LogP contribution is -2.40. The van der Waals surface area contributed by atoms with Gasteiger partial charge in [0, 0.05) is 26.7 Å². The molecule has 0 unspecified atom stereocenters. The molecular weight excluding hydrogens is 206 g/mol. The fourth-order valence-electron chi connectivity index (χ4n) is 1.98. The van der Waals surface area contributed by atoms with Gasteiger partial charge in [-0.2, -0.15) is 5.10 Å². The quantitative estimate of drug-likeness (QED) is 0.821. The molecule has 16 heavy (non-hydrogen) atoms. The molecule has 0 radical (unpaired) electrons. The highest BCUT2D eigenvalue weighted by molar-refractivity contribution is 5.17. The zero-order valence-corrected chi connectivity index (χ0v) is 9.90. The van der Waals surface area contributed by atoms with Crippen LogP contribution in [0.2, 0.25) is 0 Å². The first kappa shape index (κ1) is 11.6. The van der Waals surface area contributed by atoms with E-state index in [-0.39, 0.29) is 6.10 Å². The van der Waals surface area contributed by atoms with Gasteiger partial charge in [0.25, 0.3) is 0 Å². The van der Waals surface area contributed by atoms with Crippen LogP contribution in [0.15, 0.2) is 6.20 Å². The minimum Gasteiger partial charge on any atom is -0.383 e. The minimum absolute atomic E-state index is 0.119. The lowest BCUT2D eigenvalue weighted by Gasteiger charge is -2.32. The monoisotopic (exact) mass is 225 g/mol. The van der Waals surface area contributed by atoms with Gasteiger partial charge in [-0.15, -0.1) is 0 Å². The molecule has 0 saturated carbocycles. The molecule has 5 heteroatoms.